The topological polar surface area (TPSA) is 108 Å². The zero-order valence-corrected chi connectivity index (χ0v) is 11.5. The van der Waals surface area contributed by atoms with E-state index in [2.05, 4.69) is 10.6 Å². The van der Waals surface area contributed by atoms with Crippen molar-refractivity contribution >= 4 is 30.4 Å². The number of carbonyl (C=O) groups is 2. The molecule has 1 aromatic carbocycles. The standard InChI is InChI=1S/C12H17BN2O5/c1-12(2,3)20-11(17)15-9-7-5-4-6-8(9)14-10(16)13(18)19/h4-7,18-19H,1-3H3,(H,14,16)(H,15,17). The fraction of sp³-hybridized carbons (Fsp3) is 0.333. The number of anilines is 2. The van der Waals surface area contributed by atoms with Gasteiger partial charge in [0.15, 0.2) is 0 Å². The molecule has 0 unspecified atom stereocenters. The van der Waals surface area contributed by atoms with E-state index in [9.17, 15) is 9.59 Å². The minimum absolute atomic E-state index is 0.233. The number of benzene rings is 1. The second-order valence-corrected chi connectivity index (χ2v) is 5.04. The molecule has 0 saturated heterocycles. The Kier molecular flexibility index (Phi) is 5.12. The van der Waals surface area contributed by atoms with Crippen LogP contribution < -0.4 is 10.6 Å². The number of hydrogen-bond acceptors (Lipinski definition) is 5. The molecule has 8 heteroatoms. The normalized spacial score (nSPS) is 10.7. The third-order valence-electron chi connectivity index (χ3n) is 2.06. The summed E-state index contributed by atoms with van der Waals surface area (Å²) in [6, 6.07) is 6.33. The van der Waals surface area contributed by atoms with E-state index in [0.29, 0.717) is 0 Å². The summed E-state index contributed by atoms with van der Waals surface area (Å²) in [5.41, 5.74) is -0.129. The van der Waals surface area contributed by atoms with Crippen LogP contribution in [0.25, 0.3) is 0 Å². The smallest absolute Gasteiger partial charge is 0.444 e. The van der Waals surface area contributed by atoms with E-state index in [-0.39, 0.29) is 11.4 Å². The average molecular weight is 280 g/mol. The molecule has 0 heterocycles. The van der Waals surface area contributed by atoms with Crippen molar-refractivity contribution in [2.75, 3.05) is 10.6 Å². The fourth-order valence-corrected chi connectivity index (χ4v) is 1.31. The van der Waals surface area contributed by atoms with E-state index in [4.69, 9.17) is 14.8 Å². The molecule has 7 nitrogen and oxygen atoms in total. The number of hydrogen-bond donors (Lipinski definition) is 4. The maximum absolute atomic E-state index is 11.7. The molecule has 0 spiro atoms. The first-order valence-corrected chi connectivity index (χ1v) is 5.95. The van der Waals surface area contributed by atoms with Gasteiger partial charge in [-0.3, -0.25) is 10.1 Å². The quantitative estimate of drug-likeness (QED) is 0.629. The highest BCUT2D eigenvalue weighted by molar-refractivity contribution is 6.80. The molecular weight excluding hydrogens is 263 g/mol. The number of amides is 2. The van der Waals surface area contributed by atoms with Crippen LogP contribution in [0.5, 0.6) is 0 Å². The predicted octanol–water partition coefficient (Wildman–Crippen LogP) is 1.62. The third kappa shape index (κ3) is 5.29. The maximum atomic E-state index is 11.7. The van der Waals surface area contributed by atoms with Crippen LogP contribution in [-0.4, -0.2) is 34.7 Å². The molecule has 2 amide bonds. The van der Waals surface area contributed by atoms with Gasteiger partial charge in [-0.2, -0.15) is 0 Å². The molecule has 0 radical (unpaired) electrons. The van der Waals surface area contributed by atoms with Gasteiger partial charge in [0, 0.05) is 0 Å². The van der Waals surface area contributed by atoms with Gasteiger partial charge in [0.25, 0.3) is 5.81 Å². The van der Waals surface area contributed by atoms with Crippen LogP contribution in [0.3, 0.4) is 0 Å². The molecule has 20 heavy (non-hydrogen) atoms. The van der Waals surface area contributed by atoms with Crippen molar-refractivity contribution in [1.29, 1.82) is 0 Å². The van der Waals surface area contributed by atoms with Crippen LogP contribution in [-0.2, 0) is 4.74 Å². The Balaban J connectivity index is 2.80. The van der Waals surface area contributed by atoms with Crippen molar-refractivity contribution in [2.45, 2.75) is 26.4 Å². The van der Waals surface area contributed by atoms with Crippen molar-refractivity contribution in [1.82, 2.24) is 0 Å². The summed E-state index contributed by atoms with van der Waals surface area (Å²) in [7, 11) is -2.13. The van der Waals surface area contributed by atoms with E-state index >= 15 is 0 Å². The molecule has 0 saturated carbocycles. The van der Waals surface area contributed by atoms with Gasteiger partial charge in [-0.1, -0.05) is 12.1 Å². The Morgan fingerprint density at radius 3 is 2.05 bits per heavy atom. The summed E-state index contributed by atoms with van der Waals surface area (Å²) in [5.74, 6) is -0.997. The molecule has 0 atom stereocenters. The molecule has 0 aromatic heterocycles. The van der Waals surface area contributed by atoms with E-state index in [0.717, 1.165) is 0 Å². The van der Waals surface area contributed by atoms with Gasteiger partial charge >= 0.3 is 13.2 Å². The highest BCUT2D eigenvalue weighted by Gasteiger charge is 2.21. The minimum Gasteiger partial charge on any atom is -0.444 e. The molecule has 4 N–H and O–H groups in total. The lowest BCUT2D eigenvalue weighted by atomic mass is 9.90. The zero-order chi connectivity index (χ0) is 15.3. The Bertz CT molecular complexity index is 499. The van der Waals surface area contributed by atoms with Gasteiger partial charge in [0.1, 0.15) is 5.60 Å². The SMILES string of the molecule is CC(C)(C)OC(=O)Nc1ccccc1NC(=O)B(O)O. The van der Waals surface area contributed by atoms with Crippen molar-refractivity contribution in [3.05, 3.63) is 24.3 Å². The van der Waals surface area contributed by atoms with Crippen molar-refractivity contribution in [2.24, 2.45) is 0 Å². The van der Waals surface area contributed by atoms with E-state index in [1.165, 1.54) is 6.07 Å². The Morgan fingerprint density at radius 2 is 1.60 bits per heavy atom. The summed E-state index contributed by atoms with van der Waals surface area (Å²) in [4.78, 5) is 22.9. The summed E-state index contributed by atoms with van der Waals surface area (Å²) < 4.78 is 5.09. The second-order valence-electron chi connectivity index (χ2n) is 5.04. The summed E-state index contributed by atoms with van der Waals surface area (Å²) in [5, 5.41) is 22.2. The predicted molar refractivity (Wildman–Crippen MR) is 75.5 cm³/mol. The van der Waals surface area contributed by atoms with Crippen molar-refractivity contribution in [3.63, 3.8) is 0 Å². The summed E-state index contributed by atoms with van der Waals surface area (Å²) in [6.07, 6.45) is -0.677. The van der Waals surface area contributed by atoms with Crippen LogP contribution in [0.15, 0.2) is 24.3 Å². The molecule has 108 valence electrons. The van der Waals surface area contributed by atoms with Crippen molar-refractivity contribution in [3.8, 4) is 0 Å². The molecule has 0 aliphatic heterocycles. The largest absolute Gasteiger partial charge is 0.552 e. The Hall–Kier alpha value is -2.06. The van der Waals surface area contributed by atoms with Gasteiger partial charge in [-0.05, 0) is 32.9 Å². The molecule has 1 rings (SSSR count). The number of ether oxygens (including phenoxy) is 1. The molecule has 0 bridgehead atoms. The third-order valence-corrected chi connectivity index (χ3v) is 2.06. The number of para-hydroxylation sites is 2. The first kappa shape index (κ1) is 16.0. The molecule has 1 aromatic rings. The van der Waals surface area contributed by atoms with Gasteiger partial charge in [-0.25, -0.2) is 4.79 Å². The average Bonchev–Trinajstić information content (AvgIpc) is 2.28. The van der Waals surface area contributed by atoms with E-state index < -0.39 is 24.6 Å². The molecule has 0 aliphatic rings. The lowest BCUT2D eigenvalue weighted by molar-refractivity contribution is 0.0636. The lowest BCUT2D eigenvalue weighted by Crippen LogP contribution is -2.31. The second kappa shape index (κ2) is 6.40. The number of carbonyl (C=O) groups excluding carboxylic acids is 2. The van der Waals surface area contributed by atoms with E-state index in [1.807, 2.05) is 0 Å². The van der Waals surface area contributed by atoms with Gasteiger partial charge < -0.3 is 20.1 Å². The molecule has 0 aliphatic carbocycles. The van der Waals surface area contributed by atoms with Gasteiger partial charge in [0.2, 0.25) is 0 Å². The van der Waals surface area contributed by atoms with Crippen LogP contribution in [0, 0.1) is 0 Å². The van der Waals surface area contributed by atoms with Crippen LogP contribution in [0.1, 0.15) is 20.8 Å². The highest BCUT2D eigenvalue weighted by Crippen LogP contribution is 2.22. The lowest BCUT2D eigenvalue weighted by Gasteiger charge is -2.20. The van der Waals surface area contributed by atoms with E-state index in [1.54, 1.807) is 39.0 Å². The van der Waals surface area contributed by atoms with Crippen molar-refractivity contribution < 1.29 is 24.4 Å². The Morgan fingerprint density at radius 1 is 1.10 bits per heavy atom. The monoisotopic (exact) mass is 280 g/mol. The number of rotatable bonds is 3. The van der Waals surface area contributed by atoms with Gasteiger partial charge in [0.05, 0.1) is 11.4 Å². The highest BCUT2D eigenvalue weighted by atomic mass is 16.6. The maximum Gasteiger partial charge on any atom is 0.552 e. The first-order valence-electron chi connectivity index (χ1n) is 5.95. The number of nitrogens with one attached hydrogen (secondary N) is 2. The van der Waals surface area contributed by atoms with Gasteiger partial charge in [-0.15, -0.1) is 0 Å². The molecular formula is C12H17BN2O5. The first-order chi connectivity index (χ1) is 9.19. The fourth-order valence-electron chi connectivity index (χ4n) is 1.31. The zero-order valence-electron chi connectivity index (χ0n) is 11.5. The van der Waals surface area contributed by atoms with Crippen LogP contribution in [0.2, 0.25) is 0 Å². The summed E-state index contributed by atoms with van der Waals surface area (Å²) in [6.45, 7) is 5.17. The Labute approximate surface area is 117 Å². The minimum atomic E-state index is -2.13. The van der Waals surface area contributed by atoms with Crippen LogP contribution in [0.4, 0.5) is 21.0 Å². The van der Waals surface area contributed by atoms with Crippen LogP contribution >= 0.6 is 0 Å². The molecule has 0 fully saturated rings. The summed E-state index contributed by atoms with van der Waals surface area (Å²) >= 11 is 0.